The SMILES string of the molecule is CC(C)(C)OC(=O)N1CCC(N2C=C([C@@H](Nc3cc(Cl)c4ncc(C#N)c(Nc5ccc(F)c(Cl)c5)c4c3)c3ccccc3)NN2)CC1. The van der Waals surface area contributed by atoms with Crippen LogP contribution >= 0.6 is 23.2 Å². The molecular formula is C35H35Cl2FN8O2. The molecule has 10 nitrogen and oxygen atoms in total. The molecule has 4 aromatic rings. The lowest BCUT2D eigenvalue weighted by atomic mass is 10.0. The zero-order chi connectivity index (χ0) is 34.0. The first kappa shape index (κ1) is 33.2. The summed E-state index contributed by atoms with van der Waals surface area (Å²) in [5, 5.41) is 19.8. The Kier molecular flexibility index (Phi) is 9.51. The first-order valence-corrected chi connectivity index (χ1v) is 16.3. The first-order valence-electron chi connectivity index (χ1n) is 15.5. The number of hydrogen-bond donors (Lipinski definition) is 4. The number of carbonyl (C=O) groups excluding carboxylic acids is 1. The van der Waals surface area contributed by atoms with Crippen molar-refractivity contribution < 1.29 is 13.9 Å². The highest BCUT2D eigenvalue weighted by molar-refractivity contribution is 6.36. The highest BCUT2D eigenvalue weighted by Gasteiger charge is 2.32. The van der Waals surface area contributed by atoms with E-state index in [0.717, 1.165) is 24.1 Å². The minimum absolute atomic E-state index is 0.0449. The standard InChI is InChI=1S/C35H35Cl2FN8O2/c1-35(2,3)48-34(47)45-13-11-25(12-14-45)46-20-30(43-44-46)32(21-7-5-4-6-8-21)42-24-15-26-31(41-23-9-10-29(38)27(36)16-23)22(18-39)19-40-33(26)28(37)17-24/h4-10,15-17,19-20,25,32,42-44H,11-14H2,1-3H3,(H,40,41)/t32-/m0/s1. The summed E-state index contributed by atoms with van der Waals surface area (Å²) < 4.78 is 19.4. The van der Waals surface area contributed by atoms with Crippen LogP contribution in [0.2, 0.25) is 10.0 Å². The summed E-state index contributed by atoms with van der Waals surface area (Å²) in [4.78, 5) is 18.8. The number of nitrogens with zero attached hydrogens (tertiary/aromatic N) is 4. The molecule has 1 saturated heterocycles. The lowest BCUT2D eigenvalue weighted by Gasteiger charge is -2.36. The van der Waals surface area contributed by atoms with Gasteiger partial charge in [0.1, 0.15) is 17.5 Å². The van der Waals surface area contributed by atoms with Crippen LogP contribution in [0.3, 0.4) is 0 Å². The lowest BCUT2D eigenvalue weighted by Crippen LogP contribution is -2.50. The van der Waals surface area contributed by atoms with Crippen molar-refractivity contribution in [3.05, 3.63) is 106 Å². The van der Waals surface area contributed by atoms with Gasteiger partial charge in [-0.05, 0) is 69.5 Å². The molecule has 13 heteroatoms. The lowest BCUT2D eigenvalue weighted by molar-refractivity contribution is 0.0144. The Morgan fingerprint density at radius 1 is 1.08 bits per heavy atom. The van der Waals surface area contributed by atoms with Gasteiger partial charge in [0.15, 0.2) is 0 Å². The van der Waals surface area contributed by atoms with Crippen molar-refractivity contribution in [2.24, 2.45) is 0 Å². The Morgan fingerprint density at radius 3 is 2.50 bits per heavy atom. The molecule has 0 saturated carbocycles. The highest BCUT2D eigenvalue weighted by atomic mass is 35.5. The zero-order valence-corrected chi connectivity index (χ0v) is 28.2. The van der Waals surface area contributed by atoms with Gasteiger partial charge in [-0.15, -0.1) is 5.53 Å². The number of ether oxygens (including phenoxy) is 1. The predicted octanol–water partition coefficient (Wildman–Crippen LogP) is 8.01. The zero-order valence-electron chi connectivity index (χ0n) is 26.7. The number of aromatic nitrogens is 1. The average molecular weight is 690 g/mol. The molecule has 248 valence electrons. The second-order valence-corrected chi connectivity index (χ2v) is 13.5. The fraction of sp³-hybridized carbons (Fsp3) is 0.286. The van der Waals surface area contributed by atoms with Gasteiger partial charge in [0.2, 0.25) is 0 Å². The van der Waals surface area contributed by atoms with Crippen LogP contribution in [0, 0.1) is 17.1 Å². The smallest absolute Gasteiger partial charge is 0.410 e. The van der Waals surface area contributed by atoms with E-state index in [-0.39, 0.29) is 28.8 Å². The molecule has 6 rings (SSSR count). The summed E-state index contributed by atoms with van der Waals surface area (Å²) in [5.74, 6) is -0.544. The van der Waals surface area contributed by atoms with Crippen LogP contribution in [-0.2, 0) is 4.74 Å². The Morgan fingerprint density at radius 2 is 1.81 bits per heavy atom. The maximum absolute atomic E-state index is 13.9. The van der Waals surface area contributed by atoms with Crippen molar-refractivity contribution in [1.82, 2.24) is 25.9 Å². The average Bonchev–Trinajstić information content (AvgIpc) is 3.55. The molecule has 0 bridgehead atoms. The number of carbonyl (C=O) groups is 1. The number of anilines is 3. The van der Waals surface area contributed by atoms with E-state index in [0.29, 0.717) is 46.1 Å². The third kappa shape index (κ3) is 7.36. The van der Waals surface area contributed by atoms with Crippen LogP contribution in [-0.4, -0.2) is 45.7 Å². The molecule has 0 radical (unpaired) electrons. The van der Waals surface area contributed by atoms with Gasteiger partial charge >= 0.3 is 6.09 Å². The highest BCUT2D eigenvalue weighted by Crippen LogP contribution is 2.37. The summed E-state index contributed by atoms with van der Waals surface area (Å²) in [7, 11) is 0. The second-order valence-electron chi connectivity index (χ2n) is 12.7. The maximum atomic E-state index is 13.9. The van der Waals surface area contributed by atoms with Gasteiger partial charge in [0, 0.05) is 48.3 Å². The molecule has 1 atom stereocenters. The van der Waals surface area contributed by atoms with E-state index >= 15 is 0 Å². The van der Waals surface area contributed by atoms with Crippen LogP contribution < -0.4 is 21.6 Å². The number of benzene rings is 3. The fourth-order valence-corrected chi connectivity index (χ4v) is 6.22. The van der Waals surface area contributed by atoms with Crippen molar-refractivity contribution in [3.8, 4) is 6.07 Å². The van der Waals surface area contributed by atoms with E-state index < -0.39 is 11.4 Å². The van der Waals surface area contributed by atoms with Crippen molar-refractivity contribution in [1.29, 1.82) is 5.26 Å². The Bertz CT molecular complexity index is 1900. The summed E-state index contributed by atoms with van der Waals surface area (Å²) in [6.45, 7) is 6.79. The summed E-state index contributed by atoms with van der Waals surface area (Å²) in [6, 6.07) is 19.9. The van der Waals surface area contributed by atoms with E-state index in [1.807, 2.05) is 68.4 Å². The summed E-state index contributed by atoms with van der Waals surface area (Å²) in [5.41, 5.74) is 10.4. The van der Waals surface area contributed by atoms with Crippen molar-refractivity contribution in [2.45, 2.75) is 51.3 Å². The van der Waals surface area contributed by atoms with Gasteiger partial charge in [-0.25, -0.2) is 9.18 Å². The minimum atomic E-state index is -0.544. The number of pyridine rings is 1. The van der Waals surface area contributed by atoms with Crippen LogP contribution in [0.5, 0.6) is 0 Å². The van der Waals surface area contributed by atoms with E-state index in [1.165, 1.54) is 18.3 Å². The molecule has 0 aliphatic carbocycles. The van der Waals surface area contributed by atoms with Gasteiger partial charge in [-0.1, -0.05) is 53.5 Å². The molecule has 3 aromatic carbocycles. The van der Waals surface area contributed by atoms with Crippen molar-refractivity contribution in [2.75, 3.05) is 23.7 Å². The Balaban J connectivity index is 1.28. The molecule has 1 fully saturated rings. The molecular weight excluding hydrogens is 654 g/mol. The summed E-state index contributed by atoms with van der Waals surface area (Å²) >= 11 is 12.8. The van der Waals surface area contributed by atoms with Crippen LogP contribution in [0.1, 0.15) is 50.8 Å². The third-order valence-electron chi connectivity index (χ3n) is 8.11. The number of hydrazine groups is 2. The number of nitriles is 1. The van der Waals surface area contributed by atoms with Crippen LogP contribution in [0.15, 0.2) is 78.8 Å². The molecule has 1 aromatic heterocycles. The number of halogens is 3. The monoisotopic (exact) mass is 688 g/mol. The molecule has 2 aliphatic heterocycles. The molecule has 1 amide bonds. The van der Waals surface area contributed by atoms with Crippen molar-refractivity contribution in [3.63, 3.8) is 0 Å². The number of rotatable bonds is 7. The number of fused-ring (bicyclic) bond motifs is 1. The third-order valence-corrected chi connectivity index (χ3v) is 8.68. The van der Waals surface area contributed by atoms with Crippen LogP contribution in [0.4, 0.5) is 26.2 Å². The first-order chi connectivity index (χ1) is 23.0. The van der Waals surface area contributed by atoms with Gasteiger partial charge < -0.3 is 25.7 Å². The predicted molar refractivity (Wildman–Crippen MR) is 186 cm³/mol. The quantitative estimate of drug-likeness (QED) is 0.153. The maximum Gasteiger partial charge on any atom is 0.410 e. The molecule has 0 spiro atoms. The number of amides is 1. The fourth-order valence-electron chi connectivity index (χ4n) is 5.77. The van der Waals surface area contributed by atoms with E-state index in [1.54, 1.807) is 17.0 Å². The molecule has 0 unspecified atom stereocenters. The van der Waals surface area contributed by atoms with Gasteiger partial charge in [0.25, 0.3) is 0 Å². The van der Waals surface area contributed by atoms with Crippen molar-refractivity contribution >= 4 is 57.3 Å². The number of nitrogens with one attached hydrogen (secondary N) is 4. The largest absolute Gasteiger partial charge is 0.444 e. The number of likely N-dealkylation sites (tertiary alicyclic amines) is 1. The van der Waals surface area contributed by atoms with E-state index in [4.69, 9.17) is 27.9 Å². The number of piperidine rings is 1. The minimum Gasteiger partial charge on any atom is -0.444 e. The van der Waals surface area contributed by atoms with Gasteiger partial charge in [-0.2, -0.15) is 5.26 Å². The van der Waals surface area contributed by atoms with Crippen LogP contribution in [0.25, 0.3) is 10.9 Å². The Hall–Kier alpha value is -4.76. The molecule has 3 heterocycles. The van der Waals surface area contributed by atoms with E-state index in [9.17, 15) is 14.4 Å². The van der Waals surface area contributed by atoms with E-state index in [2.05, 4.69) is 32.6 Å². The summed E-state index contributed by atoms with van der Waals surface area (Å²) in [6.07, 6.45) is 4.74. The molecule has 2 aliphatic rings. The Labute approximate surface area is 288 Å². The second kappa shape index (κ2) is 13.8. The van der Waals surface area contributed by atoms with Gasteiger partial charge in [0.05, 0.1) is 38.6 Å². The molecule has 4 N–H and O–H groups in total. The molecule has 48 heavy (non-hydrogen) atoms. The van der Waals surface area contributed by atoms with Gasteiger partial charge in [-0.3, -0.25) is 9.99 Å². The number of hydrogen-bond acceptors (Lipinski definition) is 9. The topological polar surface area (TPSA) is 118 Å². The normalized spacial score (nSPS) is 15.8.